The smallest absolute Gasteiger partial charge is 0.185 e. The molecule has 0 saturated heterocycles. The van der Waals surface area contributed by atoms with E-state index in [4.69, 9.17) is 0 Å². The van der Waals surface area contributed by atoms with Crippen LogP contribution in [-0.4, -0.2) is 20.0 Å². The molecule has 0 heterocycles. The van der Waals surface area contributed by atoms with Crippen LogP contribution in [0.2, 0.25) is 0 Å². The zero-order valence-electron chi connectivity index (χ0n) is 10.8. The van der Waals surface area contributed by atoms with Crippen molar-refractivity contribution in [1.82, 2.24) is 0 Å². The van der Waals surface area contributed by atoms with E-state index in [9.17, 15) is 17.6 Å². The lowest BCUT2D eigenvalue weighted by molar-refractivity contribution is 0.102. The van der Waals surface area contributed by atoms with Gasteiger partial charge in [0.2, 0.25) is 0 Å². The molecule has 0 aliphatic heterocycles. The molecule has 0 amide bonds. The van der Waals surface area contributed by atoms with Gasteiger partial charge in [-0.2, -0.15) is 0 Å². The Morgan fingerprint density at radius 3 is 2.10 bits per heavy atom. The van der Waals surface area contributed by atoms with Gasteiger partial charge in [-0.25, -0.2) is 12.8 Å². The number of Topliss-reactive ketones (excluding diaryl/α,β-unsaturated/α-hetero) is 1. The molecule has 104 valence electrons. The van der Waals surface area contributed by atoms with Crippen molar-refractivity contribution in [2.45, 2.75) is 11.8 Å². The molecule has 20 heavy (non-hydrogen) atoms. The fourth-order valence-corrected chi connectivity index (χ4v) is 2.95. The largest absolute Gasteiger partial charge is 0.293 e. The minimum absolute atomic E-state index is 0.110. The molecule has 0 atom stereocenters. The molecule has 2 aromatic rings. The highest BCUT2D eigenvalue weighted by Gasteiger charge is 2.20. The monoisotopic (exact) mass is 292 g/mol. The normalized spacial score (nSPS) is 11.3. The molecule has 0 bridgehead atoms. The Bertz CT molecular complexity index is 717. The van der Waals surface area contributed by atoms with Crippen molar-refractivity contribution in [3.63, 3.8) is 0 Å². The summed E-state index contributed by atoms with van der Waals surface area (Å²) < 4.78 is 37.0. The maximum atomic E-state index is 12.8. The molecule has 3 nitrogen and oxygen atoms in total. The fourth-order valence-electron chi connectivity index (χ4n) is 1.72. The number of hydrogen-bond acceptors (Lipinski definition) is 3. The highest BCUT2D eigenvalue weighted by Crippen LogP contribution is 2.14. The predicted octanol–water partition coefficient (Wildman–Crippen LogP) is 2.79. The second kappa shape index (κ2) is 5.54. The van der Waals surface area contributed by atoms with Gasteiger partial charge in [-0.15, -0.1) is 0 Å². The summed E-state index contributed by atoms with van der Waals surface area (Å²) in [5, 5.41) is 0. The lowest BCUT2D eigenvalue weighted by Crippen LogP contribution is -2.16. The topological polar surface area (TPSA) is 51.2 Å². The summed E-state index contributed by atoms with van der Waals surface area (Å²) in [6.07, 6.45) is 0. The Balaban J connectivity index is 2.22. The molecule has 0 saturated carbocycles. The van der Waals surface area contributed by atoms with Gasteiger partial charge in [0, 0.05) is 5.56 Å². The second-order valence-electron chi connectivity index (χ2n) is 4.50. The van der Waals surface area contributed by atoms with Gasteiger partial charge < -0.3 is 0 Å². The lowest BCUT2D eigenvalue weighted by Gasteiger charge is -2.04. The maximum absolute atomic E-state index is 12.8. The first-order valence-electron chi connectivity index (χ1n) is 5.97. The van der Waals surface area contributed by atoms with Gasteiger partial charge in [-0.05, 0) is 43.3 Å². The molecule has 5 heteroatoms. The zero-order valence-corrected chi connectivity index (χ0v) is 11.7. The van der Waals surface area contributed by atoms with Crippen molar-refractivity contribution in [1.29, 1.82) is 0 Å². The van der Waals surface area contributed by atoms with Crippen LogP contribution < -0.4 is 0 Å². The summed E-state index contributed by atoms with van der Waals surface area (Å²) in [5.74, 6) is -1.64. The lowest BCUT2D eigenvalue weighted by atomic mass is 10.1. The molecule has 0 spiro atoms. The number of halogens is 1. The number of carbonyl (C=O) groups is 1. The molecular weight excluding hydrogens is 279 g/mol. The quantitative estimate of drug-likeness (QED) is 0.814. The van der Waals surface area contributed by atoms with Crippen molar-refractivity contribution in [3.05, 3.63) is 65.5 Å². The number of ketones is 1. The highest BCUT2D eigenvalue weighted by atomic mass is 32.2. The first-order valence-corrected chi connectivity index (χ1v) is 7.62. The maximum Gasteiger partial charge on any atom is 0.185 e. The minimum atomic E-state index is -3.68. The molecule has 0 aliphatic carbocycles. The fraction of sp³-hybridized carbons (Fsp3) is 0.133. The Morgan fingerprint density at radius 1 is 1.00 bits per heavy atom. The Hall–Kier alpha value is -2.01. The van der Waals surface area contributed by atoms with E-state index >= 15 is 0 Å². The molecule has 0 unspecified atom stereocenters. The Morgan fingerprint density at radius 2 is 1.55 bits per heavy atom. The Labute approximate surface area is 117 Å². The van der Waals surface area contributed by atoms with Crippen molar-refractivity contribution in [2.75, 3.05) is 5.75 Å². The number of benzene rings is 2. The van der Waals surface area contributed by atoms with Crippen LogP contribution in [0.4, 0.5) is 4.39 Å². The number of rotatable bonds is 4. The average molecular weight is 292 g/mol. The summed E-state index contributed by atoms with van der Waals surface area (Å²) in [6, 6.07) is 11.1. The van der Waals surface area contributed by atoms with Crippen LogP contribution >= 0.6 is 0 Å². The van der Waals surface area contributed by atoms with Crippen LogP contribution in [0.15, 0.2) is 53.4 Å². The van der Waals surface area contributed by atoms with Gasteiger partial charge in [0.15, 0.2) is 15.6 Å². The van der Waals surface area contributed by atoms with Gasteiger partial charge in [0.1, 0.15) is 11.6 Å². The van der Waals surface area contributed by atoms with Gasteiger partial charge in [-0.3, -0.25) is 4.79 Å². The molecule has 2 rings (SSSR count). The van der Waals surface area contributed by atoms with Gasteiger partial charge in [-0.1, -0.05) is 17.7 Å². The third-order valence-electron chi connectivity index (χ3n) is 2.87. The minimum Gasteiger partial charge on any atom is -0.293 e. The van der Waals surface area contributed by atoms with Crippen LogP contribution in [-0.2, 0) is 9.84 Å². The van der Waals surface area contributed by atoms with Crippen molar-refractivity contribution < 1.29 is 17.6 Å². The van der Waals surface area contributed by atoms with Crippen molar-refractivity contribution in [3.8, 4) is 0 Å². The molecule has 0 fully saturated rings. The summed E-state index contributed by atoms with van der Waals surface area (Å²) in [4.78, 5) is 12.0. The number of aryl methyl sites for hydroxylation is 1. The van der Waals surface area contributed by atoms with E-state index in [1.807, 2.05) is 6.92 Å². The first kappa shape index (κ1) is 14.4. The third kappa shape index (κ3) is 3.30. The summed E-state index contributed by atoms with van der Waals surface area (Å²) in [5.41, 5.74) is 1.12. The summed E-state index contributed by atoms with van der Waals surface area (Å²) >= 11 is 0. The Kier molecular flexibility index (Phi) is 3.99. The van der Waals surface area contributed by atoms with Crippen LogP contribution in [0.25, 0.3) is 0 Å². The molecule has 0 aliphatic rings. The van der Waals surface area contributed by atoms with Crippen molar-refractivity contribution in [2.24, 2.45) is 0 Å². The summed E-state index contributed by atoms with van der Waals surface area (Å²) in [7, 11) is -3.68. The van der Waals surface area contributed by atoms with Gasteiger partial charge in [0.25, 0.3) is 0 Å². The van der Waals surface area contributed by atoms with Crippen LogP contribution in [0, 0.1) is 12.7 Å². The van der Waals surface area contributed by atoms with E-state index in [1.54, 1.807) is 12.1 Å². The van der Waals surface area contributed by atoms with Crippen molar-refractivity contribution >= 4 is 15.6 Å². The van der Waals surface area contributed by atoms with Crippen LogP contribution in [0.5, 0.6) is 0 Å². The highest BCUT2D eigenvalue weighted by molar-refractivity contribution is 7.92. The summed E-state index contributed by atoms with van der Waals surface area (Å²) in [6.45, 7) is 1.85. The van der Waals surface area contributed by atoms with E-state index in [1.165, 1.54) is 24.3 Å². The zero-order chi connectivity index (χ0) is 14.8. The molecule has 0 N–H and O–H groups in total. The van der Waals surface area contributed by atoms with Crippen LogP contribution in [0.3, 0.4) is 0 Å². The van der Waals surface area contributed by atoms with E-state index in [2.05, 4.69) is 0 Å². The standard InChI is InChI=1S/C15H13FO3S/c1-11-2-8-14(9-3-11)20(18,19)10-15(17)12-4-6-13(16)7-5-12/h2-9H,10H2,1H3. The van der Waals surface area contributed by atoms with E-state index < -0.39 is 27.2 Å². The van der Waals surface area contributed by atoms with Gasteiger partial charge >= 0.3 is 0 Å². The predicted molar refractivity (Wildman–Crippen MR) is 74.0 cm³/mol. The van der Waals surface area contributed by atoms with E-state index in [0.29, 0.717) is 0 Å². The molecular formula is C15H13FO3S. The van der Waals surface area contributed by atoms with Gasteiger partial charge in [0.05, 0.1) is 4.90 Å². The van der Waals surface area contributed by atoms with E-state index in [0.717, 1.165) is 17.7 Å². The number of carbonyl (C=O) groups excluding carboxylic acids is 1. The van der Waals surface area contributed by atoms with E-state index in [-0.39, 0.29) is 10.5 Å². The average Bonchev–Trinajstić information content (AvgIpc) is 2.39. The SMILES string of the molecule is Cc1ccc(S(=O)(=O)CC(=O)c2ccc(F)cc2)cc1. The van der Waals surface area contributed by atoms with Crippen LogP contribution in [0.1, 0.15) is 15.9 Å². The molecule has 0 aromatic heterocycles. The molecule has 0 radical (unpaired) electrons. The second-order valence-corrected chi connectivity index (χ2v) is 6.49. The third-order valence-corrected chi connectivity index (χ3v) is 4.50. The number of sulfone groups is 1. The first-order chi connectivity index (χ1) is 9.38. The number of hydrogen-bond donors (Lipinski definition) is 0. The molecule has 2 aromatic carbocycles.